The van der Waals surface area contributed by atoms with Crippen LogP contribution in [0.1, 0.15) is 45.4 Å². The first-order chi connectivity index (χ1) is 9.99. The number of nitrogens with zero attached hydrogens (tertiary/aromatic N) is 1. The van der Waals surface area contributed by atoms with Crippen LogP contribution >= 0.6 is 0 Å². The second-order valence-electron chi connectivity index (χ2n) is 6.22. The highest BCUT2D eigenvalue weighted by Gasteiger charge is 2.35. The highest BCUT2D eigenvalue weighted by molar-refractivity contribution is 5.87. The molecule has 3 N–H and O–H groups in total. The Kier molecular flexibility index (Phi) is 5.20. The second-order valence-corrected chi connectivity index (χ2v) is 6.22. The number of nitrogens with one attached hydrogen (secondary N) is 1. The van der Waals surface area contributed by atoms with E-state index in [0.717, 1.165) is 25.7 Å². The maximum Gasteiger partial charge on any atom is 0.245 e. The zero-order chi connectivity index (χ0) is 15.4. The number of rotatable bonds is 4. The third kappa shape index (κ3) is 3.95. The van der Waals surface area contributed by atoms with Gasteiger partial charge in [-0.1, -0.05) is 12.8 Å². The number of primary amides is 1. The van der Waals surface area contributed by atoms with Crippen molar-refractivity contribution in [2.75, 3.05) is 13.1 Å². The van der Waals surface area contributed by atoms with Crippen molar-refractivity contribution >= 4 is 17.7 Å². The molecule has 0 radical (unpaired) electrons. The molecule has 1 saturated heterocycles. The SMILES string of the molecule is CC(=O)NC(C(=O)N1CCC(C(N)=O)CC1)C1CCCC1. The molecule has 2 fully saturated rings. The van der Waals surface area contributed by atoms with E-state index in [0.29, 0.717) is 25.9 Å². The number of likely N-dealkylation sites (tertiary alicyclic amines) is 1. The van der Waals surface area contributed by atoms with Gasteiger partial charge in [0.25, 0.3) is 0 Å². The van der Waals surface area contributed by atoms with Gasteiger partial charge in [-0.25, -0.2) is 0 Å². The van der Waals surface area contributed by atoms with E-state index in [-0.39, 0.29) is 29.6 Å². The lowest BCUT2D eigenvalue weighted by Gasteiger charge is -2.35. The number of carbonyl (C=O) groups excluding carboxylic acids is 3. The first-order valence-corrected chi connectivity index (χ1v) is 7.84. The molecule has 1 atom stereocenters. The van der Waals surface area contributed by atoms with Crippen LogP contribution in [0.3, 0.4) is 0 Å². The van der Waals surface area contributed by atoms with Gasteiger partial charge < -0.3 is 16.0 Å². The fraction of sp³-hybridized carbons (Fsp3) is 0.800. The van der Waals surface area contributed by atoms with Gasteiger partial charge in [-0.2, -0.15) is 0 Å². The molecule has 1 saturated carbocycles. The second kappa shape index (κ2) is 6.91. The topological polar surface area (TPSA) is 92.5 Å². The normalized spacial score (nSPS) is 22.0. The van der Waals surface area contributed by atoms with E-state index < -0.39 is 6.04 Å². The molecule has 1 aliphatic heterocycles. The molecule has 1 unspecified atom stereocenters. The lowest BCUT2D eigenvalue weighted by molar-refractivity contribution is -0.140. The molecular weight excluding hydrogens is 270 g/mol. The fourth-order valence-electron chi connectivity index (χ4n) is 3.47. The first-order valence-electron chi connectivity index (χ1n) is 7.84. The van der Waals surface area contributed by atoms with Gasteiger partial charge >= 0.3 is 0 Å². The number of carbonyl (C=O) groups is 3. The van der Waals surface area contributed by atoms with Crippen LogP contribution in [-0.4, -0.2) is 41.8 Å². The smallest absolute Gasteiger partial charge is 0.245 e. The maximum absolute atomic E-state index is 12.7. The number of amides is 3. The van der Waals surface area contributed by atoms with Gasteiger partial charge in [-0.3, -0.25) is 14.4 Å². The van der Waals surface area contributed by atoms with E-state index in [9.17, 15) is 14.4 Å². The molecule has 0 spiro atoms. The average molecular weight is 295 g/mol. The first kappa shape index (κ1) is 15.8. The molecule has 21 heavy (non-hydrogen) atoms. The van der Waals surface area contributed by atoms with Gasteiger partial charge in [-0.05, 0) is 31.6 Å². The number of nitrogens with two attached hydrogens (primary N) is 1. The Morgan fingerprint density at radius 1 is 1.10 bits per heavy atom. The highest BCUT2D eigenvalue weighted by atomic mass is 16.2. The molecule has 0 aromatic heterocycles. The lowest BCUT2D eigenvalue weighted by Crippen LogP contribution is -2.53. The quantitative estimate of drug-likeness (QED) is 0.786. The third-order valence-electron chi connectivity index (χ3n) is 4.71. The summed E-state index contributed by atoms with van der Waals surface area (Å²) in [6.07, 6.45) is 5.48. The Morgan fingerprint density at radius 2 is 1.67 bits per heavy atom. The average Bonchev–Trinajstić information content (AvgIpc) is 2.98. The van der Waals surface area contributed by atoms with Crippen molar-refractivity contribution in [1.82, 2.24) is 10.2 Å². The Labute approximate surface area is 125 Å². The van der Waals surface area contributed by atoms with E-state index in [1.54, 1.807) is 4.90 Å². The Bertz CT molecular complexity index is 410. The van der Waals surface area contributed by atoms with E-state index in [2.05, 4.69) is 5.32 Å². The van der Waals surface area contributed by atoms with Gasteiger partial charge in [0.2, 0.25) is 17.7 Å². The molecule has 118 valence electrons. The summed E-state index contributed by atoms with van der Waals surface area (Å²) < 4.78 is 0. The van der Waals surface area contributed by atoms with Crippen molar-refractivity contribution in [2.24, 2.45) is 17.6 Å². The molecule has 6 nitrogen and oxygen atoms in total. The molecular formula is C15H25N3O3. The number of piperidine rings is 1. The molecule has 0 aromatic rings. The lowest BCUT2D eigenvalue weighted by atomic mass is 9.93. The van der Waals surface area contributed by atoms with Crippen LogP contribution in [0.15, 0.2) is 0 Å². The Hall–Kier alpha value is -1.59. The third-order valence-corrected chi connectivity index (χ3v) is 4.71. The van der Waals surface area contributed by atoms with E-state index in [1.807, 2.05) is 0 Å². The van der Waals surface area contributed by atoms with E-state index in [4.69, 9.17) is 5.73 Å². The van der Waals surface area contributed by atoms with E-state index in [1.165, 1.54) is 6.92 Å². The zero-order valence-corrected chi connectivity index (χ0v) is 12.6. The van der Waals surface area contributed by atoms with Crippen LogP contribution in [0, 0.1) is 11.8 Å². The van der Waals surface area contributed by atoms with Crippen LogP contribution in [0.5, 0.6) is 0 Å². The minimum absolute atomic E-state index is 0.0000189. The summed E-state index contributed by atoms with van der Waals surface area (Å²) in [6.45, 7) is 2.55. The predicted molar refractivity (Wildman–Crippen MR) is 78.1 cm³/mol. The highest BCUT2D eigenvalue weighted by Crippen LogP contribution is 2.29. The minimum Gasteiger partial charge on any atom is -0.369 e. The predicted octanol–water partition coefficient (Wildman–Crippen LogP) is 0.405. The fourth-order valence-corrected chi connectivity index (χ4v) is 3.47. The van der Waals surface area contributed by atoms with Crippen LogP contribution in [0.25, 0.3) is 0 Å². The van der Waals surface area contributed by atoms with Gasteiger partial charge in [0.1, 0.15) is 6.04 Å². The standard InChI is InChI=1S/C15H25N3O3/c1-10(19)17-13(11-4-2-3-5-11)15(21)18-8-6-12(7-9-18)14(16)20/h11-13H,2-9H2,1H3,(H2,16,20)(H,17,19). The van der Waals surface area contributed by atoms with Gasteiger partial charge in [0.15, 0.2) is 0 Å². The summed E-state index contributed by atoms with van der Waals surface area (Å²) in [4.78, 5) is 37.0. The summed E-state index contributed by atoms with van der Waals surface area (Å²) in [7, 11) is 0. The summed E-state index contributed by atoms with van der Waals surface area (Å²) in [5.41, 5.74) is 5.31. The Morgan fingerprint density at radius 3 is 2.14 bits per heavy atom. The van der Waals surface area contributed by atoms with Crippen LogP contribution in [-0.2, 0) is 14.4 Å². The molecule has 3 amide bonds. The molecule has 1 aliphatic carbocycles. The van der Waals surface area contributed by atoms with E-state index >= 15 is 0 Å². The summed E-state index contributed by atoms with van der Waals surface area (Å²) in [5.74, 6) is -0.321. The van der Waals surface area contributed by atoms with Crippen LogP contribution in [0.2, 0.25) is 0 Å². The van der Waals surface area contributed by atoms with Gasteiger partial charge in [0.05, 0.1) is 0 Å². The largest absolute Gasteiger partial charge is 0.369 e. The molecule has 0 bridgehead atoms. The van der Waals surface area contributed by atoms with Crippen molar-refractivity contribution in [1.29, 1.82) is 0 Å². The minimum atomic E-state index is -0.407. The molecule has 6 heteroatoms. The van der Waals surface area contributed by atoms with Crippen molar-refractivity contribution in [3.8, 4) is 0 Å². The van der Waals surface area contributed by atoms with Gasteiger partial charge in [0, 0.05) is 25.9 Å². The number of hydrogen-bond acceptors (Lipinski definition) is 3. The summed E-state index contributed by atoms with van der Waals surface area (Å²) >= 11 is 0. The zero-order valence-electron chi connectivity index (χ0n) is 12.6. The van der Waals surface area contributed by atoms with Crippen molar-refractivity contribution in [3.63, 3.8) is 0 Å². The maximum atomic E-state index is 12.7. The van der Waals surface area contributed by atoms with Crippen LogP contribution < -0.4 is 11.1 Å². The monoisotopic (exact) mass is 295 g/mol. The molecule has 2 rings (SSSR count). The Balaban J connectivity index is 1.98. The van der Waals surface area contributed by atoms with Gasteiger partial charge in [-0.15, -0.1) is 0 Å². The summed E-state index contributed by atoms with van der Waals surface area (Å²) in [6, 6.07) is -0.407. The number of hydrogen-bond donors (Lipinski definition) is 2. The molecule has 1 heterocycles. The summed E-state index contributed by atoms with van der Waals surface area (Å²) in [5, 5.41) is 2.83. The van der Waals surface area contributed by atoms with Crippen molar-refractivity contribution in [2.45, 2.75) is 51.5 Å². The van der Waals surface area contributed by atoms with Crippen molar-refractivity contribution in [3.05, 3.63) is 0 Å². The molecule has 0 aromatic carbocycles. The van der Waals surface area contributed by atoms with Crippen molar-refractivity contribution < 1.29 is 14.4 Å². The van der Waals surface area contributed by atoms with Crippen LogP contribution in [0.4, 0.5) is 0 Å². The molecule has 2 aliphatic rings.